The molecule has 0 aliphatic carbocycles. The molecule has 5 heteroatoms. The third kappa shape index (κ3) is 3.52. The minimum absolute atomic E-state index is 0.659. The van der Waals surface area contributed by atoms with Crippen LogP contribution in [0.5, 0.6) is 5.75 Å². The summed E-state index contributed by atoms with van der Waals surface area (Å²) >= 11 is 6.27. The topological polar surface area (TPSA) is 39.1 Å². The number of nitrogens with one attached hydrogen (secondary N) is 1. The smallest absolute Gasteiger partial charge is 0.125 e. The molecule has 1 heterocycles. The highest BCUT2D eigenvalue weighted by atomic mass is 35.5. The first-order valence-corrected chi connectivity index (χ1v) is 7.15. The van der Waals surface area contributed by atoms with E-state index in [1.165, 1.54) is 0 Å². The molecule has 1 aromatic heterocycles. The SMILES string of the molecule is CCCNCc1cncn1Cc1c(Cl)cccc1OC. The fourth-order valence-electron chi connectivity index (χ4n) is 2.08. The first kappa shape index (κ1) is 14.9. The van der Waals surface area contributed by atoms with Crippen molar-refractivity contribution >= 4 is 11.6 Å². The summed E-state index contributed by atoms with van der Waals surface area (Å²) in [4.78, 5) is 4.22. The van der Waals surface area contributed by atoms with Crippen LogP contribution in [0.4, 0.5) is 0 Å². The molecule has 0 aliphatic heterocycles. The van der Waals surface area contributed by atoms with E-state index in [-0.39, 0.29) is 0 Å². The van der Waals surface area contributed by atoms with E-state index in [1.807, 2.05) is 30.7 Å². The Morgan fingerprint density at radius 1 is 1.40 bits per heavy atom. The highest BCUT2D eigenvalue weighted by Crippen LogP contribution is 2.27. The molecule has 108 valence electrons. The normalized spacial score (nSPS) is 10.8. The Hall–Kier alpha value is -1.52. The summed E-state index contributed by atoms with van der Waals surface area (Å²) in [5, 5.41) is 4.10. The molecular weight excluding hydrogens is 274 g/mol. The number of benzene rings is 1. The molecular formula is C15H20ClN3O. The molecule has 1 N–H and O–H groups in total. The molecule has 1 aromatic carbocycles. The molecule has 2 rings (SSSR count). The van der Waals surface area contributed by atoms with Crippen molar-refractivity contribution in [3.8, 4) is 5.75 Å². The standard InChI is InChI=1S/C15H20ClN3O/c1-3-7-17-8-12-9-18-11-19(12)10-13-14(16)5-4-6-15(13)20-2/h4-6,9,11,17H,3,7-8,10H2,1-2H3. The van der Waals surface area contributed by atoms with Crippen LogP contribution in [0.1, 0.15) is 24.6 Å². The van der Waals surface area contributed by atoms with Gasteiger partial charge in [-0.3, -0.25) is 0 Å². The molecule has 0 aliphatic rings. The molecule has 0 amide bonds. The van der Waals surface area contributed by atoms with Crippen molar-refractivity contribution < 1.29 is 4.74 Å². The largest absolute Gasteiger partial charge is 0.496 e. The monoisotopic (exact) mass is 293 g/mol. The lowest BCUT2D eigenvalue weighted by molar-refractivity contribution is 0.408. The lowest BCUT2D eigenvalue weighted by Gasteiger charge is -2.13. The van der Waals surface area contributed by atoms with E-state index in [2.05, 4.69) is 21.8 Å². The third-order valence-corrected chi connectivity index (χ3v) is 3.51. The average Bonchev–Trinajstić information content (AvgIpc) is 2.89. The molecule has 0 radical (unpaired) electrons. The van der Waals surface area contributed by atoms with Gasteiger partial charge in [-0.2, -0.15) is 0 Å². The third-order valence-electron chi connectivity index (χ3n) is 3.16. The number of hydrogen-bond acceptors (Lipinski definition) is 3. The van der Waals surface area contributed by atoms with Crippen molar-refractivity contribution in [1.82, 2.24) is 14.9 Å². The lowest BCUT2D eigenvalue weighted by atomic mass is 10.2. The second kappa shape index (κ2) is 7.31. The summed E-state index contributed by atoms with van der Waals surface area (Å²) in [6.45, 7) is 4.62. The molecule has 0 spiro atoms. The van der Waals surface area contributed by atoms with Crippen molar-refractivity contribution in [3.05, 3.63) is 47.0 Å². The Bertz CT molecular complexity index is 554. The number of methoxy groups -OCH3 is 1. The summed E-state index contributed by atoms with van der Waals surface area (Å²) in [5.41, 5.74) is 2.12. The van der Waals surface area contributed by atoms with Crippen LogP contribution < -0.4 is 10.1 Å². The van der Waals surface area contributed by atoms with Gasteiger partial charge in [-0.1, -0.05) is 24.6 Å². The first-order valence-electron chi connectivity index (χ1n) is 6.77. The fraction of sp³-hybridized carbons (Fsp3) is 0.400. The van der Waals surface area contributed by atoms with Crippen molar-refractivity contribution in [2.45, 2.75) is 26.4 Å². The van der Waals surface area contributed by atoms with E-state index in [0.29, 0.717) is 11.6 Å². The van der Waals surface area contributed by atoms with Crippen LogP contribution in [0.3, 0.4) is 0 Å². The van der Waals surface area contributed by atoms with E-state index in [0.717, 1.165) is 36.5 Å². The Balaban J connectivity index is 2.16. The molecule has 4 nitrogen and oxygen atoms in total. The van der Waals surface area contributed by atoms with Crippen LogP contribution in [-0.2, 0) is 13.1 Å². The Morgan fingerprint density at radius 3 is 3.00 bits per heavy atom. The minimum atomic E-state index is 0.659. The predicted octanol–water partition coefficient (Wildman–Crippen LogP) is 3.09. The summed E-state index contributed by atoms with van der Waals surface area (Å²) in [6.07, 6.45) is 4.82. The van der Waals surface area contributed by atoms with Gasteiger partial charge in [0.1, 0.15) is 5.75 Å². The number of hydrogen-bond donors (Lipinski definition) is 1. The zero-order valence-corrected chi connectivity index (χ0v) is 12.7. The van der Waals surface area contributed by atoms with Gasteiger partial charge < -0.3 is 14.6 Å². The van der Waals surface area contributed by atoms with Gasteiger partial charge in [0.2, 0.25) is 0 Å². The van der Waals surface area contributed by atoms with E-state index in [9.17, 15) is 0 Å². The first-order chi connectivity index (χ1) is 9.76. The number of halogens is 1. The molecule has 0 unspecified atom stereocenters. The molecule has 0 saturated carbocycles. The summed E-state index contributed by atoms with van der Waals surface area (Å²) in [7, 11) is 1.66. The molecule has 0 saturated heterocycles. The average molecular weight is 294 g/mol. The number of rotatable bonds is 7. The van der Waals surface area contributed by atoms with Crippen molar-refractivity contribution in [3.63, 3.8) is 0 Å². The maximum Gasteiger partial charge on any atom is 0.125 e. The maximum absolute atomic E-state index is 6.27. The maximum atomic E-state index is 6.27. The predicted molar refractivity (Wildman–Crippen MR) is 81.3 cm³/mol. The van der Waals surface area contributed by atoms with Gasteiger partial charge in [-0.25, -0.2) is 4.98 Å². The Kier molecular flexibility index (Phi) is 5.44. The van der Waals surface area contributed by atoms with E-state index in [4.69, 9.17) is 16.3 Å². The van der Waals surface area contributed by atoms with Crippen LogP contribution in [0.15, 0.2) is 30.7 Å². The second-order valence-electron chi connectivity index (χ2n) is 4.61. The van der Waals surface area contributed by atoms with Crippen LogP contribution in [0, 0.1) is 0 Å². The number of aromatic nitrogens is 2. The summed E-state index contributed by atoms with van der Waals surface area (Å²) < 4.78 is 7.47. The quantitative estimate of drug-likeness (QED) is 0.797. The highest BCUT2D eigenvalue weighted by molar-refractivity contribution is 6.31. The van der Waals surface area contributed by atoms with E-state index >= 15 is 0 Å². The van der Waals surface area contributed by atoms with Crippen LogP contribution in [0.25, 0.3) is 0 Å². The zero-order valence-electron chi connectivity index (χ0n) is 11.9. The molecule has 20 heavy (non-hydrogen) atoms. The van der Waals surface area contributed by atoms with Gasteiger partial charge in [0, 0.05) is 23.3 Å². The van der Waals surface area contributed by atoms with Gasteiger partial charge in [-0.15, -0.1) is 0 Å². The Morgan fingerprint density at radius 2 is 2.25 bits per heavy atom. The molecule has 0 atom stereocenters. The summed E-state index contributed by atoms with van der Waals surface area (Å²) in [5.74, 6) is 0.804. The Labute approximate surface area is 124 Å². The van der Waals surface area contributed by atoms with Gasteiger partial charge in [0.15, 0.2) is 0 Å². The van der Waals surface area contributed by atoms with Crippen LogP contribution in [0.2, 0.25) is 5.02 Å². The van der Waals surface area contributed by atoms with Gasteiger partial charge in [0.25, 0.3) is 0 Å². The van der Waals surface area contributed by atoms with E-state index in [1.54, 1.807) is 7.11 Å². The van der Waals surface area contributed by atoms with E-state index < -0.39 is 0 Å². The van der Waals surface area contributed by atoms with Crippen LogP contribution in [-0.4, -0.2) is 23.2 Å². The van der Waals surface area contributed by atoms with Crippen molar-refractivity contribution in [2.24, 2.45) is 0 Å². The van der Waals surface area contributed by atoms with Gasteiger partial charge >= 0.3 is 0 Å². The summed E-state index contributed by atoms with van der Waals surface area (Å²) in [6, 6.07) is 5.70. The number of imidazole rings is 1. The minimum Gasteiger partial charge on any atom is -0.496 e. The van der Waals surface area contributed by atoms with Gasteiger partial charge in [-0.05, 0) is 25.1 Å². The molecule has 0 bridgehead atoms. The number of ether oxygens (including phenoxy) is 1. The van der Waals surface area contributed by atoms with Crippen molar-refractivity contribution in [1.29, 1.82) is 0 Å². The van der Waals surface area contributed by atoms with Crippen LogP contribution >= 0.6 is 11.6 Å². The fourth-order valence-corrected chi connectivity index (χ4v) is 2.31. The highest BCUT2D eigenvalue weighted by Gasteiger charge is 2.10. The lowest BCUT2D eigenvalue weighted by Crippen LogP contribution is -2.17. The second-order valence-corrected chi connectivity index (χ2v) is 5.02. The zero-order chi connectivity index (χ0) is 14.4. The van der Waals surface area contributed by atoms with Crippen molar-refractivity contribution in [2.75, 3.05) is 13.7 Å². The molecule has 2 aromatic rings. The molecule has 0 fully saturated rings. The van der Waals surface area contributed by atoms with Gasteiger partial charge in [0.05, 0.1) is 25.7 Å². The number of nitrogens with zero attached hydrogens (tertiary/aromatic N) is 2.